The molecule has 1 aromatic heterocycles. The molecule has 1 aliphatic heterocycles. The summed E-state index contributed by atoms with van der Waals surface area (Å²) in [5.41, 5.74) is 1.51. The molecule has 2 amide bonds. The number of thiophene rings is 1. The summed E-state index contributed by atoms with van der Waals surface area (Å²) in [7, 11) is 0. The highest BCUT2D eigenvalue weighted by Crippen LogP contribution is 2.25. The molecule has 24 heavy (non-hydrogen) atoms. The molecule has 2 aromatic rings. The van der Waals surface area contributed by atoms with Gasteiger partial charge in [-0.05, 0) is 36.1 Å². The highest BCUT2D eigenvalue weighted by atomic mass is 32.1. The van der Waals surface area contributed by atoms with Crippen molar-refractivity contribution in [1.29, 1.82) is 0 Å². The predicted molar refractivity (Wildman–Crippen MR) is 95.6 cm³/mol. The number of carbonyl (C=O) groups excluding carboxylic acids is 2. The molecular weight excluding hydrogens is 320 g/mol. The van der Waals surface area contributed by atoms with Crippen LogP contribution >= 0.6 is 11.3 Å². The SMILES string of the molecule is C#Cc1cccc(N(Cc2cccs2)C(=O)[C@H]2CCNC(=O)C2)c1. The van der Waals surface area contributed by atoms with Gasteiger partial charge in [-0.1, -0.05) is 18.1 Å². The van der Waals surface area contributed by atoms with E-state index in [2.05, 4.69) is 11.2 Å². The number of hydrogen-bond acceptors (Lipinski definition) is 3. The predicted octanol–water partition coefficient (Wildman–Crippen LogP) is 2.79. The third-order valence-electron chi connectivity index (χ3n) is 4.08. The van der Waals surface area contributed by atoms with Gasteiger partial charge in [0.1, 0.15) is 0 Å². The van der Waals surface area contributed by atoms with E-state index in [1.807, 2.05) is 41.8 Å². The van der Waals surface area contributed by atoms with E-state index >= 15 is 0 Å². The Morgan fingerprint density at radius 3 is 2.96 bits per heavy atom. The summed E-state index contributed by atoms with van der Waals surface area (Å²) in [6, 6.07) is 11.4. The van der Waals surface area contributed by atoms with Crippen molar-refractivity contribution >= 4 is 28.8 Å². The zero-order valence-electron chi connectivity index (χ0n) is 13.2. The number of benzene rings is 1. The number of rotatable bonds is 4. The first-order valence-corrected chi connectivity index (χ1v) is 8.72. The van der Waals surface area contributed by atoms with Crippen LogP contribution in [0.15, 0.2) is 41.8 Å². The molecule has 0 radical (unpaired) electrons. The van der Waals surface area contributed by atoms with E-state index in [1.165, 1.54) is 0 Å². The molecule has 0 unspecified atom stereocenters. The van der Waals surface area contributed by atoms with Crippen molar-refractivity contribution in [2.75, 3.05) is 11.4 Å². The number of nitrogens with zero attached hydrogens (tertiary/aromatic N) is 1. The first-order chi connectivity index (χ1) is 11.7. The van der Waals surface area contributed by atoms with Crippen LogP contribution in [0.5, 0.6) is 0 Å². The third kappa shape index (κ3) is 3.66. The van der Waals surface area contributed by atoms with Crippen molar-refractivity contribution in [3.8, 4) is 12.3 Å². The number of carbonyl (C=O) groups is 2. The number of terminal acetylenes is 1. The molecule has 122 valence electrons. The highest BCUT2D eigenvalue weighted by Gasteiger charge is 2.30. The van der Waals surface area contributed by atoms with Crippen LogP contribution in [0.4, 0.5) is 5.69 Å². The number of anilines is 1. The van der Waals surface area contributed by atoms with Crippen molar-refractivity contribution in [3.63, 3.8) is 0 Å². The molecule has 0 aliphatic carbocycles. The lowest BCUT2D eigenvalue weighted by Crippen LogP contribution is -2.43. The Bertz CT molecular complexity index is 777. The van der Waals surface area contributed by atoms with Crippen LogP contribution < -0.4 is 10.2 Å². The fourth-order valence-electron chi connectivity index (χ4n) is 2.83. The van der Waals surface area contributed by atoms with Crippen LogP contribution in [0.3, 0.4) is 0 Å². The van der Waals surface area contributed by atoms with Crippen LogP contribution in [0, 0.1) is 18.3 Å². The van der Waals surface area contributed by atoms with Crippen molar-refractivity contribution in [2.45, 2.75) is 19.4 Å². The molecule has 3 rings (SSSR count). The Balaban J connectivity index is 1.90. The second-order valence-corrected chi connectivity index (χ2v) is 6.77. The van der Waals surface area contributed by atoms with Gasteiger partial charge in [0.15, 0.2) is 0 Å². The fraction of sp³-hybridized carbons (Fsp3) is 0.263. The van der Waals surface area contributed by atoms with E-state index in [4.69, 9.17) is 6.42 Å². The van der Waals surface area contributed by atoms with Crippen LogP contribution in [0.2, 0.25) is 0 Å². The van der Waals surface area contributed by atoms with Crippen molar-refractivity contribution in [1.82, 2.24) is 5.32 Å². The Morgan fingerprint density at radius 1 is 1.38 bits per heavy atom. The molecular formula is C19H18N2O2S. The summed E-state index contributed by atoms with van der Waals surface area (Å²) >= 11 is 1.61. The Hall–Kier alpha value is -2.58. The molecule has 1 saturated heterocycles. The monoisotopic (exact) mass is 338 g/mol. The summed E-state index contributed by atoms with van der Waals surface area (Å²) in [5, 5.41) is 4.77. The second kappa shape index (κ2) is 7.33. The molecule has 1 N–H and O–H groups in total. The number of amides is 2. The second-order valence-electron chi connectivity index (χ2n) is 5.74. The van der Waals surface area contributed by atoms with Gasteiger partial charge in [-0.3, -0.25) is 9.59 Å². The van der Waals surface area contributed by atoms with Crippen molar-refractivity contribution < 1.29 is 9.59 Å². The lowest BCUT2D eigenvalue weighted by molar-refractivity contribution is -0.130. The van der Waals surface area contributed by atoms with Crippen molar-refractivity contribution in [2.24, 2.45) is 5.92 Å². The minimum atomic E-state index is -0.284. The Morgan fingerprint density at radius 2 is 2.25 bits per heavy atom. The molecule has 1 aromatic carbocycles. The first kappa shape index (κ1) is 16.3. The largest absolute Gasteiger partial charge is 0.356 e. The topological polar surface area (TPSA) is 49.4 Å². The van der Waals surface area contributed by atoms with Crippen LogP contribution in [0.25, 0.3) is 0 Å². The number of piperidine rings is 1. The Kier molecular flexibility index (Phi) is 4.97. The maximum absolute atomic E-state index is 13.1. The van der Waals surface area contributed by atoms with Gasteiger partial charge in [-0.25, -0.2) is 0 Å². The van der Waals surface area contributed by atoms with E-state index in [0.717, 1.165) is 16.1 Å². The van der Waals surface area contributed by atoms with Gasteiger partial charge < -0.3 is 10.2 Å². The smallest absolute Gasteiger partial charge is 0.231 e. The average molecular weight is 338 g/mol. The van der Waals surface area contributed by atoms with Gasteiger partial charge in [0, 0.05) is 35.0 Å². The zero-order valence-corrected chi connectivity index (χ0v) is 14.0. The standard InChI is InChI=1S/C19H18N2O2S/c1-2-14-5-3-6-16(11-14)21(13-17-7-4-10-24-17)19(23)15-8-9-20-18(22)12-15/h1,3-7,10-11,15H,8-9,12-13H2,(H,20,22)/t15-/m0/s1. The quantitative estimate of drug-likeness (QED) is 0.872. The number of hydrogen-bond donors (Lipinski definition) is 1. The van der Waals surface area contributed by atoms with Crippen LogP contribution in [-0.2, 0) is 16.1 Å². The first-order valence-electron chi connectivity index (χ1n) is 7.84. The van der Waals surface area contributed by atoms with Gasteiger partial charge in [0.25, 0.3) is 0 Å². The van der Waals surface area contributed by atoms with Crippen molar-refractivity contribution in [3.05, 3.63) is 52.2 Å². The summed E-state index contributed by atoms with van der Waals surface area (Å²) in [6.07, 6.45) is 6.40. The Labute approximate surface area is 145 Å². The zero-order chi connectivity index (χ0) is 16.9. The fourth-order valence-corrected chi connectivity index (χ4v) is 3.53. The third-order valence-corrected chi connectivity index (χ3v) is 4.94. The number of nitrogens with one attached hydrogen (secondary N) is 1. The van der Waals surface area contributed by atoms with E-state index in [1.54, 1.807) is 16.2 Å². The van der Waals surface area contributed by atoms with E-state index in [-0.39, 0.29) is 24.2 Å². The van der Waals surface area contributed by atoms with E-state index in [9.17, 15) is 9.59 Å². The van der Waals surface area contributed by atoms with E-state index in [0.29, 0.717) is 19.5 Å². The molecule has 2 heterocycles. The molecule has 4 nitrogen and oxygen atoms in total. The van der Waals surface area contributed by atoms with Gasteiger partial charge in [-0.2, -0.15) is 0 Å². The summed E-state index contributed by atoms with van der Waals surface area (Å²) in [6.45, 7) is 1.04. The normalized spacial score (nSPS) is 17.0. The van der Waals surface area contributed by atoms with Gasteiger partial charge in [0.05, 0.1) is 6.54 Å². The highest BCUT2D eigenvalue weighted by molar-refractivity contribution is 7.09. The van der Waals surface area contributed by atoms with E-state index < -0.39 is 0 Å². The molecule has 1 aliphatic rings. The summed E-state index contributed by atoms with van der Waals surface area (Å²) < 4.78 is 0. The van der Waals surface area contributed by atoms with Gasteiger partial charge in [0.2, 0.25) is 11.8 Å². The van der Waals surface area contributed by atoms with Gasteiger partial charge in [-0.15, -0.1) is 17.8 Å². The summed E-state index contributed by atoms with van der Waals surface area (Å²) in [5.74, 6) is 2.24. The van der Waals surface area contributed by atoms with Crippen LogP contribution in [-0.4, -0.2) is 18.4 Å². The van der Waals surface area contributed by atoms with Gasteiger partial charge >= 0.3 is 0 Å². The molecule has 1 fully saturated rings. The minimum absolute atomic E-state index is 0.0209. The van der Waals surface area contributed by atoms with Crippen LogP contribution in [0.1, 0.15) is 23.3 Å². The molecule has 0 bridgehead atoms. The maximum Gasteiger partial charge on any atom is 0.231 e. The lowest BCUT2D eigenvalue weighted by atomic mass is 9.95. The average Bonchev–Trinajstić information content (AvgIpc) is 3.12. The minimum Gasteiger partial charge on any atom is -0.356 e. The maximum atomic E-state index is 13.1. The molecule has 0 spiro atoms. The lowest BCUT2D eigenvalue weighted by Gasteiger charge is -2.29. The molecule has 0 saturated carbocycles. The molecule has 5 heteroatoms. The molecule has 1 atom stereocenters. The summed E-state index contributed by atoms with van der Waals surface area (Å²) in [4.78, 5) is 27.6.